The van der Waals surface area contributed by atoms with Gasteiger partial charge in [-0.25, -0.2) is 4.98 Å². The van der Waals surface area contributed by atoms with Crippen LogP contribution in [-0.2, 0) is 16.0 Å². The van der Waals surface area contributed by atoms with E-state index in [0.717, 1.165) is 28.6 Å². The number of nitrogens with one attached hydrogen (secondary N) is 1. The fraction of sp³-hybridized carbons (Fsp3) is 0.400. The van der Waals surface area contributed by atoms with Crippen molar-refractivity contribution in [2.75, 3.05) is 10.2 Å². The first-order valence-electron chi connectivity index (χ1n) is 9.29. The predicted octanol–water partition coefficient (Wildman–Crippen LogP) is 3.72. The van der Waals surface area contributed by atoms with Gasteiger partial charge in [-0.3, -0.25) is 19.5 Å². The van der Waals surface area contributed by atoms with E-state index in [1.807, 2.05) is 18.2 Å². The lowest BCUT2D eigenvalue weighted by Crippen LogP contribution is -2.47. The fourth-order valence-corrected chi connectivity index (χ4v) is 4.53. The van der Waals surface area contributed by atoms with Crippen LogP contribution in [0.2, 0.25) is 0 Å². The van der Waals surface area contributed by atoms with Gasteiger partial charge in [-0.15, -0.1) is 0 Å². The highest BCUT2D eigenvalue weighted by Crippen LogP contribution is 2.37. The summed E-state index contributed by atoms with van der Waals surface area (Å²) < 4.78 is 0.937. The first kappa shape index (κ1) is 18.1. The van der Waals surface area contributed by atoms with Crippen LogP contribution in [0.15, 0.2) is 41.3 Å². The van der Waals surface area contributed by atoms with Gasteiger partial charge in [0, 0.05) is 22.6 Å². The first-order valence-corrected chi connectivity index (χ1v) is 10.1. The van der Waals surface area contributed by atoms with E-state index >= 15 is 0 Å². The molecule has 1 aromatic carbocycles. The van der Waals surface area contributed by atoms with E-state index in [2.05, 4.69) is 31.2 Å². The van der Waals surface area contributed by atoms with Gasteiger partial charge in [-0.1, -0.05) is 41.6 Å². The van der Waals surface area contributed by atoms with E-state index in [9.17, 15) is 9.59 Å². The number of halogens is 1. The maximum absolute atomic E-state index is 13.1. The molecule has 1 aliphatic carbocycles. The van der Waals surface area contributed by atoms with Gasteiger partial charge in [0.1, 0.15) is 6.04 Å². The lowest BCUT2D eigenvalue weighted by atomic mass is 9.96. The summed E-state index contributed by atoms with van der Waals surface area (Å²) >= 11 is 3.46. The number of anilines is 2. The van der Waals surface area contributed by atoms with Crippen LogP contribution < -0.4 is 10.2 Å². The van der Waals surface area contributed by atoms with Crippen molar-refractivity contribution in [2.24, 2.45) is 5.92 Å². The smallest absolute Gasteiger partial charge is 0.248 e. The first-order chi connectivity index (χ1) is 13.1. The van der Waals surface area contributed by atoms with Crippen molar-refractivity contribution in [2.45, 2.75) is 44.6 Å². The number of benzene rings is 1. The Labute approximate surface area is 166 Å². The van der Waals surface area contributed by atoms with Crippen molar-refractivity contribution in [3.05, 3.63) is 46.8 Å². The lowest BCUT2D eigenvalue weighted by Gasteiger charge is -2.29. The molecule has 6 nitrogen and oxygen atoms in total. The van der Waals surface area contributed by atoms with Gasteiger partial charge in [-0.05, 0) is 36.1 Å². The highest BCUT2D eigenvalue weighted by Gasteiger charge is 2.38. The topological polar surface area (TPSA) is 75.2 Å². The maximum Gasteiger partial charge on any atom is 0.248 e. The molecule has 4 rings (SSSR count). The van der Waals surface area contributed by atoms with E-state index in [0.29, 0.717) is 24.6 Å². The van der Waals surface area contributed by atoms with E-state index in [1.54, 1.807) is 11.1 Å². The van der Waals surface area contributed by atoms with Gasteiger partial charge in [0.2, 0.25) is 11.8 Å². The van der Waals surface area contributed by atoms with E-state index < -0.39 is 6.04 Å². The predicted molar refractivity (Wildman–Crippen MR) is 106 cm³/mol. The molecule has 2 aliphatic rings. The number of carbonyl (C=O) groups is 2. The Kier molecular flexibility index (Phi) is 5.20. The molecule has 140 valence electrons. The van der Waals surface area contributed by atoms with Crippen molar-refractivity contribution < 1.29 is 9.59 Å². The highest BCUT2D eigenvalue weighted by molar-refractivity contribution is 9.10. The second-order valence-electron chi connectivity index (χ2n) is 7.20. The summed E-state index contributed by atoms with van der Waals surface area (Å²) in [7, 11) is 0. The van der Waals surface area contributed by atoms with Gasteiger partial charge in [-0.2, -0.15) is 0 Å². The van der Waals surface area contributed by atoms with Crippen LogP contribution in [0.3, 0.4) is 0 Å². The maximum atomic E-state index is 13.1. The molecule has 0 radical (unpaired) electrons. The third-order valence-corrected chi connectivity index (χ3v) is 5.86. The Morgan fingerprint density at radius 2 is 2.11 bits per heavy atom. The Morgan fingerprint density at radius 1 is 1.30 bits per heavy atom. The summed E-state index contributed by atoms with van der Waals surface area (Å²) in [6, 6.07) is 5.25. The molecule has 7 heteroatoms. The molecule has 1 fully saturated rings. The average Bonchev–Trinajstić information content (AvgIpc) is 3.27. The number of nitrogens with zero attached hydrogens (tertiary/aromatic N) is 3. The van der Waals surface area contributed by atoms with Crippen LogP contribution in [0.5, 0.6) is 0 Å². The average molecular weight is 429 g/mol. The summed E-state index contributed by atoms with van der Waals surface area (Å²) in [6.07, 6.45) is 10.2. The number of hydrogen-bond acceptors (Lipinski definition) is 4. The summed E-state index contributed by atoms with van der Waals surface area (Å²) in [5.41, 5.74) is 1.79. The monoisotopic (exact) mass is 428 g/mol. The van der Waals surface area contributed by atoms with Crippen molar-refractivity contribution >= 4 is 39.2 Å². The molecule has 1 aliphatic heterocycles. The molecule has 0 bridgehead atoms. The minimum absolute atomic E-state index is 0.0274. The number of rotatable bonds is 5. The second-order valence-corrected chi connectivity index (χ2v) is 8.11. The van der Waals surface area contributed by atoms with Crippen molar-refractivity contribution in [1.82, 2.24) is 9.97 Å². The molecule has 2 aromatic rings. The SMILES string of the molecule is O=C(Nc1cnccn1)C(CC1CCCC1)N1C(=O)Cc2cc(Br)ccc21. The quantitative estimate of drug-likeness (QED) is 0.787. The summed E-state index contributed by atoms with van der Waals surface area (Å²) in [6.45, 7) is 0. The Hall–Kier alpha value is -2.28. The minimum atomic E-state index is -0.537. The summed E-state index contributed by atoms with van der Waals surface area (Å²) in [5.74, 6) is 0.642. The molecule has 1 saturated carbocycles. The molecule has 0 spiro atoms. The number of hydrogen-bond donors (Lipinski definition) is 1. The molecule has 1 N–H and O–H groups in total. The zero-order chi connectivity index (χ0) is 18.8. The van der Waals surface area contributed by atoms with Crippen LogP contribution in [0.1, 0.15) is 37.7 Å². The summed E-state index contributed by atoms with van der Waals surface area (Å²) in [5, 5.41) is 2.84. The van der Waals surface area contributed by atoms with Gasteiger partial charge in [0.05, 0.1) is 12.6 Å². The molecule has 1 atom stereocenters. The largest absolute Gasteiger partial charge is 0.308 e. The van der Waals surface area contributed by atoms with Crippen molar-refractivity contribution in [3.63, 3.8) is 0 Å². The number of carbonyl (C=O) groups excluding carboxylic acids is 2. The molecule has 27 heavy (non-hydrogen) atoms. The Balaban J connectivity index is 1.63. The fourth-order valence-electron chi connectivity index (χ4n) is 4.12. The van der Waals surface area contributed by atoms with Gasteiger partial charge >= 0.3 is 0 Å². The van der Waals surface area contributed by atoms with Crippen LogP contribution >= 0.6 is 15.9 Å². The molecule has 2 amide bonds. The van der Waals surface area contributed by atoms with Crippen LogP contribution in [0, 0.1) is 5.92 Å². The zero-order valence-electron chi connectivity index (χ0n) is 14.9. The third-order valence-electron chi connectivity index (χ3n) is 5.37. The van der Waals surface area contributed by atoms with Crippen LogP contribution in [0.4, 0.5) is 11.5 Å². The van der Waals surface area contributed by atoms with Crippen molar-refractivity contribution in [1.29, 1.82) is 0 Å². The van der Waals surface area contributed by atoms with Crippen LogP contribution in [-0.4, -0.2) is 27.8 Å². The molecule has 1 aromatic heterocycles. The standard InChI is InChI=1S/C20H21BrN4O2/c21-15-5-6-16-14(10-15)11-19(26)25(16)17(9-13-3-1-2-4-13)20(27)24-18-12-22-7-8-23-18/h5-8,10,12-13,17H,1-4,9,11H2,(H,23,24,27). The molecule has 0 saturated heterocycles. The number of aromatic nitrogens is 2. The van der Waals surface area contributed by atoms with Gasteiger partial charge in [0.25, 0.3) is 0 Å². The zero-order valence-corrected chi connectivity index (χ0v) is 16.5. The number of amides is 2. The highest BCUT2D eigenvalue weighted by atomic mass is 79.9. The minimum Gasteiger partial charge on any atom is -0.308 e. The van der Waals surface area contributed by atoms with Gasteiger partial charge in [0.15, 0.2) is 5.82 Å². The number of fused-ring (bicyclic) bond motifs is 1. The van der Waals surface area contributed by atoms with Crippen molar-refractivity contribution in [3.8, 4) is 0 Å². The lowest BCUT2D eigenvalue weighted by molar-refractivity contribution is -0.123. The molecular weight excluding hydrogens is 408 g/mol. The molecular formula is C20H21BrN4O2. The van der Waals surface area contributed by atoms with Gasteiger partial charge < -0.3 is 5.32 Å². The molecule has 1 unspecified atom stereocenters. The van der Waals surface area contributed by atoms with E-state index in [-0.39, 0.29) is 11.8 Å². The van der Waals surface area contributed by atoms with Crippen LogP contribution in [0.25, 0.3) is 0 Å². The Morgan fingerprint density at radius 3 is 2.85 bits per heavy atom. The Bertz CT molecular complexity index is 852. The van der Waals surface area contributed by atoms with E-state index in [4.69, 9.17) is 0 Å². The van der Waals surface area contributed by atoms with E-state index in [1.165, 1.54) is 25.2 Å². The summed E-state index contributed by atoms with van der Waals surface area (Å²) in [4.78, 5) is 35.8. The second kappa shape index (κ2) is 7.76. The molecule has 2 heterocycles. The third kappa shape index (κ3) is 3.88. The normalized spacial score (nSPS) is 17.8.